The number of ether oxygens (including phenoxy) is 2. The summed E-state index contributed by atoms with van der Waals surface area (Å²) in [5, 5.41) is 10.6. The summed E-state index contributed by atoms with van der Waals surface area (Å²) >= 11 is 0. The maximum absolute atomic E-state index is 12.9. The minimum atomic E-state index is -1.37. The second-order valence-corrected chi connectivity index (χ2v) is 8.14. The Hall–Kier alpha value is -2.95. The van der Waals surface area contributed by atoms with Gasteiger partial charge in [-0.05, 0) is 37.5 Å². The van der Waals surface area contributed by atoms with Crippen molar-refractivity contribution in [3.8, 4) is 0 Å². The zero-order chi connectivity index (χ0) is 21.6. The van der Waals surface area contributed by atoms with Crippen molar-refractivity contribution in [2.45, 2.75) is 44.7 Å². The topological polar surface area (TPSA) is 55.8 Å². The van der Waals surface area contributed by atoms with E-state index in [1.54, 1.807) is 24.3 Å². The standard InChI is InChI=1S/C26H28O4/c1-26(2,3)30-24(21-17-11-6-12-18-21)23(20-15-9-5-10-16-20)29-25(28)22(27)19-13-7-4-8-14-19/h4-18,22-24,27H,1-3H3/t22-,23+,24-/m0/s1. The van der Waals surface area contributed by atoms with Crippen LogP contribution in [0.1, 0.15) is 55.8 Å². The lowest BCUT2D eigenvalue weighted by Crippen LogP contribution is -2.30. The third kappa shape index (κ3) is 5.78. The second-order valence-electron chi connectivity index (χ2n) is 8.14. The van der Waals surface area contributed by atoms with Crippen molar-refractivity contribution in [3.05, 3.63) is 108 Å². The number of rotatable bonds is 7. The molecule has 30 heavy (non-hydrogen) atoms. The molecule has 1 N–H and O–H groups in total. The van der Waals surface area contributed by atoms with Gasteiger partial charge in [0.05, 0.1) is 5.60 Å². The van der Waals surface area contributed by atoms with E-state index in [0.717, 1.165) is 11.1 Å². The van der Waals surface area contributed by atoms with Crippen LogP contribution in [0.4, 0.5) is 0 Å². The zero-order valence-corrected chi connectivity index (χ0v) is 17.6. The summed E-state index contributed by atoms with van der Waals surface area (Å²) in [5.74, 6) is -0.714. The lowest BCUT2D eigenvalue weighted by Gasteiger charge is -2.34. The summed E-state index contributed by atoms with van der Waals surface area (Å²) in [4.78, 5) is 12.9. The lowest BCUT2D eigenvalue weighted by molar-refractivity contribution is -0.178. The van der Waals surface area contributed by atoms with Gasteiger partial charge in [-0.1, -0.05) is 91.0 Å². The van der Waals surface area contributed by atoms with E-state index in [1.165, 1.54) is 0 Å². The number of hydrogen-bond acceptors (Lipinski definition) is 4. The Labute approximate surface area is 178 Å². The van der Waals surface area contributed by atoms with Crippen LogP contribution in [-0.4, -0.2) is 16.7 Å². The average Bonchev–Trinajstić information content (AvgIpc) is 2.76. The summed E-state index contributed by atoms with van der Waals surface area (Å²) in [7, 11) is 0. The van der Waals surface area contributed by atoms with Crippen LogP contribution in [0.2, 0.25) is 0 Å². The molecule has 156 valence electrons. The highest BCUT2D eigenvalue weighted by atomic mass is 16.6. The van der Waals surface area contributed by atoms with E-state index in [2.05, 4.69) is 0 Å². The Balaban J connectivity index is 1.97. The molecule has 4 heteroatoms. The lowest BCUT2D eigenvalue weighted by atomic mass is 9.96. The smallest absolute Gasteiger partial charge is 0.340 e. The summed E-state index contributed by atoms with van der Waals surface area (Å²) in [6, 6.07) is 27.9. The second kappa shape index (κ2) is 9.70. The van der Waals surface area contributed by atoms with Crippen LogP contribution >= 0.6 is 0 Å². The van der Waals surface area contributed by atoms with Crippen molar-refractivity contribution in [1.82, 2.24) is 0 Å². The molecular weight excluding hydrogens is 376 g/mol. The number of aliphatic hydroxyl groups excluding tert-OH is 1. The van der Waals surface area contributed by atoms with Crippen LogP contribution in [-0.2, 0) is 14.3 Å². The summed E-state index contributed by atoms with van der Waals surface area (Å²) in [5.41, 5.74) is 1.70. The van der Waals surface area contributed by atoms with Gasteiger partial charge in [0.15, 0.2) is 12.2 Å². The maximum Gasteiger partial charge on any atom is 0.340 e. The zero-order valence-electron chi connectivity index (χ0n) is 17.6. The Kier molecular flexibility index (Phi) is 7.03. The van der Waals surface area contributed by atoms with Crippen molar-refractivity contribution in [3.63, 3.8) is 0 Å². The van der Waals surface area contributed by atoms with Crippen molar-refractivity contribution in [2.24, 2.45) is 0 Å². The van der Waals surface area contributed by atoms with E-state index in [-0.39, 0.29) is 0 Å². The van der Waals surface area contributed by atoms with Crippen LogP contribution in [0, 0.1) is 0 Å². The number of hydrogen-bond donors (Lipinski definition) is 1. The van der Waals surface area contributed by atoms with Crippen LogP contribution in [0.5, 0.6) is 0 Å². The van der Waals surface area contributed by atoms with Gasteiger partial charge in [-0.2, -0.15) is 0 Å². The fourth-order valence-corrected chi connectivity index (χ4v) is 3.24. The van der Waals surface area contributed by atoms with Gasteiger partial charge in [0.1, 0.15) is 6.10 Å². The van der Waals surface area contributed by atoms with Gasteiger partial charge in [-0.3, -0.25) is 0 Å². The van der Waals surface area contributed by atoms with E-state index in [4.69, 9.17) is 9.47 Å². The van der Waals surface area contributed by atoms with Crippen molar-refractivity contribution in [1.29, 1.82) is 0 Å². The predicted octanol–water partition coefficient (Wildman–Crippen LogP) is 5.56. The summed E-state index contributed by atoms with van der Waals surface area (Å²) < 4.78 is 12.3. The molecule has 0 aliphatic carbocycles. The van der Waals surface area contributed by atoms with Gasteiger partial charge in [0.25, 0.3) is 0 Å². The molecule has 0 aliphatic heterocycles. The first-order valence-electron chi connectivity index (χ1n) is 10.1. The molecule has 0 radical (unpaired) electrons. The normalized spacial score (nSPS) is 14.5. The molecule has 0 saturated heterocycles. The first kappa shape index (κ1) is 21.8. The van der Waals surface area contributed by atoms with Gasteiger partial charge in [-0.25, -0.2) is 4.79 Å². The SMILES string of the molecule is CC(C)(C)O[C@@H](c1ccccc1)[C@H](OC(=O)[C@@H](O)c1ccccc1)c1ccccc1. The predicted molar refractivity (Wildman–Crippen MR) is 117 cm³/mol. The Morgan fingerprint density at radius 1 is 0.700 bits per heavy atom. The van der Waals surface area contributed by atoms with Gasteiger partial charge in [-0.15, -0.1) is 0 Å². The third-order valence-corrected chi connectivity index (χ3v) is 4.59. The van der Waals surface area contributed by atoms with Gasteiger partial charge in [0, 0.05) is 0 Å². The molecule has 0 unspecified atom stereocenters. The molecule has 3 aromatic carbocycles. The minimum Gasteiger partial charge on any atom is -0.452 e. The van der Waals surface area contributed by atoms with Crippen molar-refractivity contribution in [2.75, 3.05) is 0 Å². The van der Waals surface area contributed by atoms with Gasteiger partial charge in [0.2, 0.25) is 0 Å². The maximum atomic E-state index is 12.9. The molecule has 0 bridgehead atoms. The van der Waals surface area contributed by atoms with E-state index in [0.29, 0.717) is 5.56 Å². The van der Waals surface area contributed by atoms with Crippen LogP contribution in [0.3, 0.4) is 0 Å². The van der Waals surface area contributed by atoms with E-state index in [9.17, 15) is 9.90 Å². The monoisotopic (exact) mass is 404 g/mol. The first-order chi connectivity index (χ1) is 14.3. The third-order valence-electron chi connectivity index (χ3n) is 4.59. The number of benzene rings is 3. The Bertz CT molecular complexity index is 918. The van der Waals surface area contributed by atoms with E-state index < -0.39 is 29.9 Å². The van der Waals surface area contributed by atoms with Crippen LogP contribution < -0.4 is 0 Å². The molecule has 0 amide bonds. The molecule has 3 rings (SSSR count). The highest BCUT2D eigenvalue weighted by Gasteiger charge is 2.34. The van der Waals surface area contributed by atoms with E-state index in [1.807, 2.05) is 87.5 Å². The Morgan fingerprint density at radius 2 is 1.10 bits per heavy atom. The van der Waals surface area contributed by atoms with E-state index >= 15 is 0 Å². The summed E-state index contributed by atoms with van der Waals surface area (Å²) in [6.07, 6.45) is -2.64. The van der Waals surface area contributed by atoms with Gasteiger partial charge >= 0.3 is 5.97 Å². The molecule has 3 atom stereocenters. The average molecular weight is 405 g/mol. The largest absolute Gasteiger partial charge is 0.452 e. The molecular formula is C26H28O4. The highest BCUT2D eigenvalue weighted by Crippen LogP contribution is 2.39. The molecule has 3 aromatic rings. The molecule has 0 aromatic heterocycles. The fourth-order valence-electron chi connectivity index (χ4n) is 3.24. The molecule has 0 heterocycles. The highest BCUT2D eigenvalue weighted by molar-refractivity contribution is 5.76. The van der Waals surface area contributed by atoms with Crippen molar-refractivity contribution >= 4 is 5.97 Å². The number of carbonyl (C=O) groups is 1. The number of esters is 1. The molecule has 0 fully saturated rings. The molecule has 4 nitrogen and oxygen atoms in total. The summed E-state index contributed by atoms with van der Waals surface area (Å²) in [6.45, 7) is 5.89. The minimum absolute atomic E-state index is 0.474. The van der Waals surface area contributed by atoms with Crippen LogP contribution in [0.25, 0.3) is 0 Å². The number of aliphatic hydroxyl groups is 1. The first-order valence-corrected chi connectivity index (χ1v) is 10.1. The van der Waals surface area contributed by atoms with Gasteiger partial charge < -0.3 is 14.6 Å². The number of carbonyl (C=O) groups excluding carboxylic acids is 1. The Morgan fingerprint density at radius 3 is 1.53 bits per heavy atom. The molecule has 0 spiro atoms. The molecule has 0 aliphatic rings. The quantitative estimate of drug-likeness (QED) is 0.524. The fraction of sp³-hybridized carbons (Fsp3) is 0.269. The van der Waals surface area contributed by atoms with Crippen LogP contribution in [0.15, 0.2) is 91.0 Å². The van der Waals surface area contributed by atoms with Crippen molar-refractivity contribution < 1.29 is 19.4 Å². The molecule has 0 saturated carbocycles.